The molecule has 2 heteroatoms. The van der Waals surface area contributed by atoms with E-state index in [4.69, 9.17) is 0 Å². The zero-order chi connectivity index (χ0) is 12.7. The first-order valence-electron chi connectivity index (χ1n) is 6.32. The molecule has 0 unspecified atom stereocenters. The summed E-state index contributed by atoms with van der Waals surface area (Å²) in [6, 6.07) is 27.3. The molecule has 4 rings (SSSR count). The maximum Gasteiger partial charge on any atom is 2.00 e. The zero-order valence-electron chi connectivity index (χ0n) is 10.7. The third-order valence-electron chi connectivity index (χ3n) is 3.41. The molecule has 0 spiro atoms. The van der Waals surface area contributed by atoms with Crippen LogP contribution >= 0.6 is 0 Å². The van der Waals surface area contributed by atoms with Gasteiger partial charge in [-0.2, -0.15) is 42.0 Å². The number of rotatable bonds is 1. The van der Waals surface area contributed by atoms with Crippen LogP contribution in [0.15, 0.2) is 60.7 Å². The van der Waals surface area contributed by atoms with Gasteiger partial charge in [-0.15, -0.1) is 17.5 Å². The largest absolute Gasteiger partial charge is 2.00 e. The molecule has 1 nitrogen and oxygen atoms in total. The van der Waals surface area contributed by atoms with Crippen LogP contribution in [-0.2, 0) is 18.6 Å². The number of aromatic amines is 1. The molecule has 1 radical (unpaired) electrons. The molecule has 20 heavy (non-hydrogen) atoms. The molecule has 0 saturated heterocycles. The number of hydrogen-bond donors (Lipinski definition) is 1. The van der Waals surface area contributed by atoms with Gasteiger partial charge < -0.3 is 4.98 Å². The van der Waals surface area contributed by atoms with E-state index in [0.717, 1.165) is 27.5 Å². The monoisotopic (exact) mass is 292 g/mol. The summed E-state index contributed by atoms with van der Waals surface area (Å²) in [7, 11) is 0. The quantitative estimate of drug-likeness (QED) is 0.494. The molecule has 4 aromatic rings. The van der Waals surface area contributed by atoms with Crippen molar-refractivity contribution in [3.8, 4) is 11.1 Å². The van der Waals surface area contributed by atoms with Crippen LogP contribution in [0.25, 0.3) is 32.9 Å². The number of benzene rings is 3. The van der Waals surface area contributed by atoms with Gasteiger partial charge in [0.1, 0.15) is 0 Å². The molecular weight excluding hydrogens is 281 g/mol. The first-order valence-corrected chi connectivity index (χ1v) is 6.32. The molecule has 1 N–H and O–H groups in total. The van der Waals surface area contributed by atoms with Crippen molar-refractivity contribution < 1.29 is 18.6 Å². The van der Waals surface area contributed by atoms with E-state index in [-0.39, 0.29) is 18.6 Å². The SMILES string of the molecule is [V+2].[c-]1ccccc1-c1[c-]c2c(cc1)[nH]c1ccccc12. The molecule has 1 heterocycles. The minimum Gasteiger partial charge on any atom is -0.393 e. The second-order valence-electron chi connectivity index (χ2n) is 4.61. The van der Waals surface area contributed by atoms with E-state index in [1.54, 1.807) is 0 Å². The minimum absolute atomic E-state index is 0. The van der Waals surface area contributed by atoms with Gasteiger partial charge in [0.05, 0.1) is 0 Å². The topological polar surface area (TPSA) is 15.8 Å². The van der Waals surface area contributed by atoms with E-state index in [0.29, 0.717) is 0 Å². The summed E-state index contributed by atoms with van der Waals surface area (Å²) in [6.45, 7) is 0. The molecule has 0 saturated carbocycles. The fourth-order valence-corrected chi connectivity index (χ4v) is 2.48. The third-order valence-corrected chi connectivity index (χ3v) is 3.41. The molecule has 0 aliphatic heterocycles. The summed E-state index contributed by atoms with van der Waals surface area (Å²) in [5, 5.41) is 2.36. The average molecular weight is 292 g/mol. The molecule has 3 aromatic carbocycles. The van der Waals surface area contributed by atoms with Crippen molar-refractivity contribution in [3.63, 3.8) is 0 Å². The van der Waals surface area contributed by atoms with Crippen LogP contribution in [0.4, 0.5) is 0 Å². The predicted octanol–water partition coefficient (Wildman–Crippen LogP) is 4.59. The van der Waals surface area contributed by atoms with Gasteiger partial charge in [0, 0.05) is 5.52 Å². The van der Waals surface area contributed by atoms with Crippen molar-refractivity contribution in [1.82, 2.24) is 4.98 Å². The molecule has 0 aliphatic carbocycles. The Kier molecular flexibility index (Phi) is 3.39. The van der Waals surface area contributed by atoms with E-state index in [1.807, 2.05) is 24.3 Å². The zero-order valence-corrected chi connectivity index (χ0v) is 12.1. The maximum absolute atomic E-state index is 3.50. The average Bonchev–Trinajstić information content (AvgIpc) is 2.86. The summed E-state index contributed by atoms with van der Waals surface area (Å²) in [5.41, 5.74) is 4.44. The Morgan fingerprint density at radius 3 is 2.45 bits per heavy atom. The van der Waals surface area contributed by atoms with Crippen molar-refractivity contribution in [2.75, 3.05) is 0 Å². The number of H-pyrrole nitrogens is 1. The minimum atomic E-state index is 0. The Morgan fingerprint density at radius 1 is 0.750 bits per heavy atom. The number of aromatic nitrogens is 1. The van der Waals surface area contributed by atoms with Crippen LogP contribution in [0.1, 0.15) is 0 Å². The van der Waals surface area contributed by atoms with Gasteiger partial charge in [0.2, 0.25) is 0 Å². The van der Waals surface area contributed by atoms with Crippen LogP contribution in [0.5, 0.6) is 0 Å². The number of fused-ring (bicyclic) bond motifs is 3. The molecule has 0 amide bonds. The van der Waals surface area contributed by atoms with E-state index in [9.17, 15) is 0 Å². The van der Waals surface area contributed by atoms with Crippen molar-refractivity contribution in [3.05, 3.63) is 72.8 Å². The van der Waals surface area contributed by atoms with Crippen LogP contribution in [0.2, 0.25) is 0 Å². The van der Waals surface area contributed by atoms with E-state index < -0.39 is 0 Å². The normalized spacial score (nSPS) is 10.6. The van der Waals surface area contributed by atoms with Gasteiger partial charge in [0.15, 0.2) is 0 Å². The molecule has 1 aromatic heterocycles. The first kappa shape index (κ1) is 13.0. The Morgan fingerprint density at radius 2 is 1.60 bits per heavy atom. The molecule has 93 valence electrons. The molecule has 0 atom stereocenters. The second kappa shape index (κ2) is 5.20. The Labute approximate surface area is 129 Å². The molecule has 0 aliphatic rings. The standard InChI is InChI=1S/C18H11N.V/c1-2-6-13(7-3-1)14-10-11-18-16(12-14)15-8-4-5-9-17(15)19-18;/h1-6,8-11,19H;/q-2;+2. The Balaban J connectivity index is 0.00000121. The number of para-hydroxylation sites is 1. The van der Waals surface area contributed by atoms with Gasteiger partial charge in [-0.3, -0.25) is 0 Å². The van der Waals surface area contributed by atoms with Gasteiger partial charge in [0.25, 0.3) is 0 Å². The van der Waals surface area contributed by atoms with Crippen LogP contribution in [0.3, 0.4) is 0 Å². The van der Waals surface area contributed by atoms with Crippen molar-refractivity contribution in [2.45, 2.75) is 0 Å². The maximum atomic E-state index is 3.50. The first-order chi connectivity index (χ1) is 9.42. The smallest absolute Gasteiger partial charge is 0.393 e. The van der Waals surface area contributed by atoms with E-state index >= 15 is 0 Å². The van der Waals surface area contributed by atoms with Crippen molar-refractivity contribution >= 4 is 21.8 Å². The van der Waals surface area contributed by atoms with Crippen LogP contribution in [-0.4, -0.2) is 4.98 Å². The van der Waals surface area contributed by atoms with E-state index in [1.165, 1.54) is 5.39 Å². The summed E-state index contributed by atoms with van der Waals surface area (Å²) < 4.78 is 0. The molecule has 0 bridgehead atoms. The fourth-order valence-electron chi connectivity index (χ4n) is 2.48. The molecular formula is C18H11NV. The van der Waals surface area contributed by atoms with Crippen LogP contribution in [0, 0.1) is 12.1 Å². The van der Waals surface area contributed by atoms with Gasteiger partial charge >= 0.3 is 18.6 Å². The Bertz CT molecular complexity index is 862. The summed E-state index contributed by atoms with van der Waals surface area (Å²) >= 11 is 0. The number of nitrogens with one attached hydrogen (secondary N) is 1. The summed E-state index contributed by atoms with van der Waals surface area (Å²) in [5.74, 6) is 0. The van der Waals surface area contributed by atoms with Gasteiger partial charge in [-0.05, 0) is 11.6 Å². The second-order valence-corrected chi connectivity index (χ2v) is 4.61. The fraction of sp³-hybridized carbons (Fsp3) is 0. The van der Waals surface area contributed by atoms with Gasteiger partial charge in [-0.1, -0.05) is 23.6 Å². The number of hydrogen-bond acceptors (Lipinski definition) is 0. The van der Waals surface area contributed by atoms with Crippen molar-refractivity contribution in [1.29, 1.82) is 0 Å². The Hall–Kier alpha value is -1.96. The van der Waals surface area contributed by atoms with Gasteiger partial charge in [-0.25, -0.2) is 5.56 Å². The predicted molar refractivity (Wildman–Crippen MR) is 78.9 cm³/mol. The summed E-state index contributed by atoms with van der Waals surface area (Å²) in [6.07, 6.45) is 0. The van der Waals surface area contributed by atoms with Crippen LogP contribution < -0.4 is 0 Å². The van der Waals surface area contributed by atoms with Crippen molar-refractivity contribution in [2.24, 2.45) is 0 Å². The third kappa shape index (κ3) is 2.05. The van der Waals surface area contributed by atoms with E-state index in [2.05, 4.69) is 53.5 Å². The summed E-state index contributed by atoms with van der Waals surface area (Å²) in [4.78, 5) is 3.42. The molecule has 0 fully saturated rings.